The monoisotopic (exact) mass is 220 g/mol. The van der Waals surface area contributed by atoms with Gasteiger partial charge >= 0.3 is 0 Å². The molecule has 2 heterocycles. The van der Waals surface area contributed by atoms with Crippen LogP contribution in [0.15, 0.2) is 4.52 Å². The molecule has 1 aromatic rings. The van der Waals surface area contributed by atoms with Gasteiger partial charge in [-0.05, 0) is 19.8 Å². The number of likely N-dealkylation sites (tertiary alicyclic amines) is 1. The Balaban J connectivity index is 1.93. The van der Waals surface area contributed by atoms with Crippen LogP contribution in [0.2, 0.25) is 0 Å². The van der Waals surface area contributed by atoms with Gasteiger partial charge in [0.25, 0.3) is 0 Å². The van der Waals surface area contributed by atoms with Gasteiger partial charge in [0, 0.05) is 25.9 Å². The number of rotatable bonds is 2. The van der Waals surface area contributed by atoms with E-state index in [0.717, 1.165) is 31.8 Å². The van der Waals surface area contributed by atoms with Gasteiger partial charge in [-0.15, -0.1) is 0 Å². The summed E-state index contributed by atoms with van der Waals surface area (Å²) in [6.45, 7) is 5.63. The molecule has 1 unspecified atom stereocenters. The summed E-state index contributed by atoms with van der Waals surface area (Å²) in [5.41, 5.74) is 0. The molecule has 1 aromatic heterocycles. The van der Waals surface area contributed by atoms with Crippen molar-refractivity contribution in [3.63, 3.8) is 0 Å². The highest BCUT2D eigenvalue weighted by Crippen LogP contribution is 2.26. The first-order chi connectivity index (χ1) is 7.70. The Bertz CT molecular complexity index is 387. The molecule has 1 saturated heterocycles. The SMILES string of the molecule is Cc1nc(C2CCN(C(C)C#N)CC2)no1. The van der Waals surface area contributed by atoms with Crippen LogP contribution in [-0.2, 0) is 0 Å². The number of nitriles is 1. The van der Waals surface area contributed by atoms with Crippen LogP contribution in [0.3, 0.4) is 0 Å². The minimum atomic E-state index is 0.00737. The summed E-state index contributed by atoms with van der Waals surface area (Å²) in [4.78, 5) is 6.46. The van der Waals surface area contributed by atoms with Crippen LogP contribution >= 0.6 is 0 Å². The van der Waals surface area contributed by atoms with Crippen molar-refractivity contribution < 1.29 is 4.52 Å². The largest absolute Gasteiger partial charge is 0.340 e. The smallest absolute Gasteiger partial charge is 0.223 e. The second-order valence-electron chi connectivity index (χ2n) is 4.29. The van der Waals surface area contributed by atoms with Crippen molar-refractivity contribution in [2.24, 2.45) is 0 Å². The summed E-state index contributed by atoms with van der Waals surface area (Å²) in [5.74, 6) is 1.84. The highest BCUT2D eigenvalue weighted by Gasteiger charge is 2.26. The minimum absolute atomic E-state index is 0.00737. The molecule has 1 aliphatic heterocycles. The number of aromatic nitrogens is 2. The standard InChI is InChI=1S/C11H16N4O/c1-8(7-12)15-5-3-10(4-6-15)11-13-9(2)16-14-11/h8,10H,3-6H2,1-2H3. The molecule has 2 rings (SSSR count). The molecule has 0 amide bonds. The fourth-order valence-corrected chi connectivity index (χ4v) is 2.11. The zero-order valence-electron chi connectivity index (χ0n) is 9.68. The van der Waals surface area contributed by atoms with E-state index in [1.54, 1.807) is 0 Å². The quantitative estimate of drug-likeness (QED) is 0.755. The molecule has 0 aromatic carbocycles. The Hall–Kier alpha value is -1.41. The molecular formula is C11H16N4O. The third-order valence-electron chi connectivity index (χ3n) is 3.17. The number of nitrogens with zero attached hydrogens (tertiary/aromatic N) is 4. The summed E-state index contributed by atoms with van der Waals surface area (Å²) in [6, 6.07) is 2.28. The minimum Gasteiger partial charge on any atom is -0.340 e. The lowest BCUT2D eigenvalue weighted by atomic mass is 9.95. The van der Waals surface area contributed by atoms with Crippen molar-refractivity contribution in [1.29, 1.82) is 5.26 Å². The summed E-state index contributed by atoms with van der Waals surface area (Å²) in [6.07, 6.45) is 2.01. The molecule has 0 radical (unpaired) electrons. The highest BCUT2D eigenvalue weighted by molar-refractivity contribution is 4.99. The van der Waals surface area contributed by atoms with Gasteiger partial charge < -0.3 is 4.52 Å². The summed E-state index contributed by atoms with van der Waals surface area (Å²) in [5, 5.41) is 12.8. The molecular weight excluding hydrogens is 204 g/mol. The van der Waals surface area contributed by atoms with E-state index in [-0.39, 0.29) is 6.04 Å². The van der Waals surface area contributed by atoms with Crippen LogP contribution in [0.25, 0.3) is 0 Å². The predicted molar refractivity (Wildman–Crippen MR) is 57.7 cm³/mol. The first-order valence-corrected chi connectivity index (χ1v) is 5.64. The number of hydrogen-bond donors (Lipinski definition) is 0. The Morgan fingerprint density at radius 2 is 2.19 bits per heavy atom. The van der Waals surface area contributed by atoms with E-state index in [1.165, 1.54) is 0 Å². The first-order valence-electron chi connectivity index (χ1n) is 5.64. The van der Waals surface area contributed by atoms with E-state index >= 15 is 0 Å². The van der Waals surface area contributed by atoms with E-state index < -0.39 is 0 Å². The zero-order valence-corrected chi connectivity index (χ0v) is 9.68. The molecule has 0 N–H and O–H groups in total. The zero-order chi connectivity index (χ0) is 11.5. The molecule has 5 nitrogen and oxygen atoms in total. The summed E-state index contributed by atoms with van der Waals surface area (Å²) in [7, 11) is 0. The third-order valence-corrected chi connectivity index (χ3v) is 3.17. The molecule has 16 heavy (non-hydrogen) atoms. The van der Waals surface area contributed by atoms with E-state index in [9.17, 15) is 0 Å². The predicted octanol–water partition coefficient (Wildman–Crippen LogP) is 1.47. The Kier molecular flexibility index (Phi) is 3.20. The maximum Gasteiger partial charge on any atom is 0.223 e. The lowest BCUT2D eigenvalue weighted by molar-refractivity contribution is 0.186. The van der Waals surface area contributed by atoms with E-state index in [0.29, 0.717) is 11.8 Å². The molecule has 0 spiro atoms. The van der Waals surface area contributed by atoms with Gasteiger partial charge in [-0.2, -0.15) is 10.2 Å². The van der Waals surface area contributed by atoms with E-state index in [1.807, 2.05) is 13.8 Å². The highest BCUT2D eigenvalue weighted by atomic mass is 16.5. The van der Waals surface area contributed by atoms with Crippen molar-refractivity contribution in [3.05, 3.63) is 11.7 Å². The molecule has 1 aliphatic rings. The Morgan fingerprint density at radius 3 is 2.69 bits per heavy atom. The molecule has 5 heteroatoms. The summed E-state index contributed by atoms with van der Waals surface area (Å²) < 4.78 is 4.99. The van der Waals surface area contributed by atoms with Gasteiger partial charge in [-0.3, -0.25) is 4.90 Å². The molecule has 1 fully saturated rings. The van der Waals surface area contributed by atoms with Gasteiger partial charge in [-0.25, -0.2) is 0 Å². The van der Waals surface area contributed by atoms with Crippen LogP contribution < -0.4 is 0 Å². The fraction of sp³-hybridized carbons (Fsp3) is 0.727. The maximum absolute atomic E-state index is 8.84. The maximum atomic E-state index is 8.84. The van der Waals surface area contributed by atoms with Crippen LogP contribution in [-0.4, -0.2) is 34.2 Å². The summed E-state index contributed by atoms with van der Waals surface area (Å²) >= 11 is 0. The van der Waals surface area contributed by atoms with Gasteiger partial charge in [0.1, 0.15) is 0 Å². The van der Waals surface area contributed by atoms with Gasteiger partial charge in [-0.1, -0.05) is 5.16 Å². The third kappa shape index (κ3) is 2.22. The molecule has 0 saturated carbocycles. The normalized spacial score (nSPS) is 20.6. The molecule has 1 atom stereocenters. The van der Waals surface area contributed by atoms with Gasteiger partial charge in [0.05, 0.1) is 12.1 Å². The van der Waals surface area contributed by atoms with Crippen molar-refractivity contribution in [2.45, 2.75) is 38.6 Å². The Labute approximate surface area is 95.0 Å². The molecule has 0 bridgehead atoms. The van der Waals surface area contributed by atoms with Crippen molar-refractivity contribution >= 4 is 0 Å². The number of hydrogen-bond acceptors (Lipinski definition) is 5. The number of piperidine rings is 1. The first kappa shape index (κ1) is 11.1. The van der Waals surface area contributed by atoms with Crippen molar-refractivity contribution in [1.82, 2.24) is 15.0 Å². The fourth-order valence-electron chi connectivity index (χ4n) is 2.11. The second-order valence-corrected chi connectivity index (χ2v) is 4.29. The van der Waals surface area contributed by atoms with Gasteiger partial charge in [0.2, 0.25) is 5.89 Å². The topological polar surface area (TPSA) is 66.0 Å². The van der Waals surface area contributed by atoms with Crippen LogP contribution in [0.5, 0.6) is 0 Å². The van der Waals surface area contributed by atoms with Crippen LogP contribution in [0.4, 0.5) is 0 Å². The van der Waals surface area contributed by atoms with Gasteiger partial charge in [0.15, 0.2) is 5.82 Å². The lowest BCUT2D eigenvalue weighted by Crippen LogP contribution is -2.38. The van der Waals surface area contributed by atoms with Crippen LogP contribution in [0.1, 0.15) is 37.4 Å². The molecule has 0 aliphatic carbocycles. The Morgan fingerprint density at radius 1 is 1.50 bits per heavy atom. The second kappa shape index (κ2) is 4.62. The molecule has 86 valence electrons. The van der Waals surface area contributed by atoms with Crippen molar-refractivity contribution in [3.8, 4) is 6.07 Å². The lowest BCUT2D eigenvalue weighted by Gasteiger charge is -2.31. The van der Waals surface area contributed by atoms with Crippen LogP contribution in [0, 0.1) is 18.3 Å². The van der Waals surface area contributed by atoms with E-state index in [2.05, 4.69) is 21.1 Å². The average molecular weight is 220 g/mol. The van der Waals surface area contributed by atoms with E-state index in [4.69, 9.17) is 9.78 Å². The average Bonchev–Trinajstić information content (AvgIpc) is 2.75. The van der Waals surface area contributed by atoms with Crippen molar-refractivity contribution in [2.75, 3.05) is 13.1 Å². The number of aryl methyl sites for hydroxylation is 1.